The van der Waals surface area contributed by atoms with Crippen molar-refractivity contribution in [2.24, 2.45) is 0 Å². The molecule has 210 valence electrons. The van der Waals surface area contributed by atoms with E-state index in [-0.39, 0.29) is 20.4 Å². The molecule has 0 aliphatic heterocycles. The number of sulfonamides is 2. The summed E-state index contributed by atoms with van der Waals surface area (Å²) in [4.78, 5) is -1.18. The van der Waals surface area contributed by atoms with Gasteiger partial charge >= 0.3 is 0 Å². The van der Waals surface area contributed by atoms with E-state index in [4.69, 9.17) is 11.6 Å². The van der Waals surface area contributed by atoms with Crippen LogP contribution in [0.1, 0.15) is 16.7 Å². The molecule has 0 aliphatic rings. The molecular weight excluding hydrogens is 599 g/mol. The first-order valence-electron chi connectivity index (χ1n) is 11.7. The van der Waals surface area contributed by atoms with Gasteiger partial charge in [-0.15, -0.1) is 0 Å². The molecule has 0 radical (unpaired) electrons. The van der Waals surface area contributed by atoms with Gasteiger partial charge in [-0.05, 0) is 55.8 Å². The van der Waals surface area contributed by atoms with Gasteiger partial charge in [-0.1, -0.05) is 65.2 Å². The number of rotatable bonds is 9. The highest BCUT2D eigenvalue weighted by Crippen LogP contribution is 2.34. The number of aryl methyl sites for hydroxylation is 2. The van der Waals surface area contributed by atoms with Crippen LogP contribution >= 0.6 is 11.6 Å². The van der Waals surface area contributed by atoms with Crippen molar-refractivity contribution in [1.29, 1.82) is 0 Å². The summed E-state index contributed by atoms with van der Waals surface area (Å²) in [6, 6.07) is 19.0. The van der Waals surface area contributed by atoms with Gasteiger partial charge in [0.1, 0.15) is 10.7 Å². The summed E-state index contributed by atoms with van der Waals surface area (Å²) >= 11 is 6.09. The van der Waals surface area contributed by atoms with Gasteiger partial charge in [-0.3, -0.25) is 9.44 Å². The third-order valence-electron chi connectivity index (χ3n) is 5.86. The Morgan fingerprint density at radius 3 is 1.60 bits per heavy atom. The fourth-order valence-corrected chi connectivity index (χ4v) is 7.59. The van der Waals surface area contributed by atoms with E-state index in [2.05, 4.69) is 9.44 Å². The summed E-state index contributed by atoms with van der Waals surface area (Å²) < 4.78 is 98.7. The molecule has 4 rings (SSSR count). The van der Waals surface area contributed by atoms with Crippen molar-refractivity contribution < 1.29 is 29.6 Å². The zero-order valence-corrected chi connectivity index (χ0v) is 24.4. The predicted molar refractivity (Wildman–Crippen MR) is 153 cm³/mol. The average Bonchev–Trinajstić information content (AvgIpc) is 2.87. The highest BCUT2D eigenvalue weighted by atomic mass is 35.5. The molecule has 0 aliphatic carbocycles. The number of hydrogen-bond donors (Lipinski definition) is 2. The smallest absolute Gasteiger partial charge is 0.261 e. The topological polar surface area (TPSA) is 126 Å². The number of sulfone groups is 1. The maximum absolute atomic E-state index is 15.3. The number of benzene rings is 4. The van der Waals surface area contributed by atoms with Crippen molar-refractivity contribution in [3.63, 3.8) is 0 Å². The quantitative estimate of drug-likeness (QED) is 0.248. The average molecular weight is 623 g/mol. The molecule has 0 fully saturated rings. The Morgan fingerprint density at radius 2 is 1.12 bits per heavy atom. The Labute approximate surface area is 237 Å². The Balaban J connectivity index is 1.83. The molecule has 13 heteroatoms. The van der Waals surface area contributed by atoms with Crippen molar-refractivity contribution in [2.45, 2.75) is 34.3 Å². The molecule has 40 heavy (non-hydrogen) atoms. The van der Waals surface area contributed by atoms with E-state index in [1.54, 1.807) is 50.2 Å². The van der Waals surface area contributed by atoms with Crippen LogP contribution in [0.4, 0.5) is 15.8 Å². The summed E-state index contributed by atoms with van der Waals surface area (Å²) in [7, 11) is -13.1. The fraction of sp³-hybridized carbons (Fsp3) is 0.111. The van der Waals surface area contributed by atoms with E-state index in [0.29, 0.717) is 6.07 Å². The Hall–Kier alpha value is -3.45. The van der Waals surface area contributed by atoms with E-state index in [1.807, 2.05) is 0 Å². The monoisotopic (exact) mass is 622 g/mol. The van der Waals surface area contributed by atoms with Crippen LogP contribution in [0, 0.1) is 19.7 Å². The van der Waals surface area contributed by atoms with Crippen molar-refractivity contribution in [3.05, 3.63) is 112 Å². The van der Waals surface area contributed by atoms with E-state index < -0.39 is 57.7 Å². The molecule has 0 bridgehead atoms. The molecule has 0 unspecified atom stereocenters. The molecule has 8 nitrogen and oxygen atoms in total. The Kier molecular flexibility index (Phi) is 8.27. The molecule has 0 atom stereocenters. The van der Waals surface area contributed by atoms with E-state index in [9.17, 15) is 25.3 Å². The summed E-state index contributed by atoms with van der Waals surface area (Å²) in [5.41, 5.74) is 0.792. The zero-order valence-electron chi connectivity index (χ0n) is 21.2. The summed E-state index contributed by atoms with van der Waals surface area (Å²) in [6.07, 6.45) is 0. The molecule has 0 saturated heterocycles. The van der Waals surface area contributed by atoms with Gasteiger partial charge in [0, 0.05) is 11.1 Å². The van der Waals surface area contributed by atoms with Crippen LogP contribution in [0.5, 0.6) is 0 Å². The summed E-state index contributed by atoms with van der Waals surface area (Å²) in [5, 5.41) is 0.147. The molecule has 0 heterocycles. The lowest BCUT2D eigenvalue weighted by atomic mass is 10.2. The minimum absolute atomic E-state index is 0.147. The largest absolute Gasteiger partial charge is 0.277 e. The molecular formula is C27H24ClFN2O6S3. The van der Waals surface area contributed by atoms with E-state index in [1.165, 1.54) is 36.4 Å². The van der Waals surface area contributed by atoms with Crippen molar-refractivity contribution >= 4 is 52.9 Å². The minimum atomic E-state index is -4.40. The first-order valence-corrected chi connectivity index (χ1v) is 16.7. The first-order chi connectivity index (χ1) is 18.7. The lowest BCUT2D eigenvalue weighted by molar-refractivity contribution is 0.566. The summed E-state index contributed by atoms with van der Waals surface area (Å²) in [5.74, 6) is -1.96. The maximum atomic E-state index is 15.3. The molecule has 2 N–H and O–H groups in total. The van der Waals surface area contributed by atoms with Gasteiger partial charge in [0.15, 0.2) is 9.84 Å². The van der Waals surface area contributed by atoms with Crippen LogP contribution in [0.2, 0.25) is 5.02 Å². The molecule has 4 aromatic carbocycles. The van der Waals surface area contributed by atoms with Crippen molar-refractivity contribution in [1.82, 2.24) is 0 Å². The lowest BCUT2D eigenvalue weighted by Crippen LogP contribution is -2.19. The van der Waals surface area contributed by atoms with Gasteiger partial charge in [0.05, 0.1) is 26.9 Å². The molecule has 4 aromatic rings. The third kappa shape index (κ3) is 6.64. The minimum Gasteiger partial charge on any atom is -0.277 e. The zero-order chi connectivity index (χ0) is 29.3. The SMILES string of the molecule is Cc1ccc(S(=O)(=O)Nc2cc(F)c(S(=O)(=O)Cc3ccccc3Cl)cc2NS(=O)(=O)c2ccc(C)cc2)cc1. The van der Waals surface area contributed by atoms with Crippen LogP contribution in [-0.2, 0) is 35.6 Å². The second-order valence-corrected chi connectivity index (χ2v) is 14.7. The predicted octanol–water partition coefficient (Wildman–Crippen LogP) is 5.67. The van der Waals surface area contributed by atoms with Crippen LogP contribution in [0.3, 0.4) is 0 Å². The number of nitrogens with one attached hydrogen (secondary N) is 2. The van der Waals surface area contributed by atoms with Crippen molar-refractivity contribution in [3.8, 4) is 0 Å². The third-order valence-corrected chi connectivity index (χ3v) is 10.7. The maximum Gasteiger partial charge on any atom is 0.261 e. The van der Waals surface area contributed by atoms with Crippen LogP contribution in [0.15, 0.2) is 99.6 Å². The van der Waals surface area contributed by atoms with Gasteiger partial charge in [0.25, 0.3) is 20.0 Å². The number of hydrogen-bond acceptors (Lipinski definition) is 6. The van der Waals surface area contributed by atoms with Crippen LogP contribution in [0.25, 0.3) is 0 Å². The molecule has 0 aromatic heterocycles. The highest BCUT2D eigenvalue weighted by molar-refractivity contribution is 7.93. The Morgan fingerprint density at radius 1 is 0.675 bits per heavy atom. The molecule has 0 amide bonds. The summed E-state index contributed by atoms with van der Waals surface area (Å²) in [6.45, 7) is 3.52. The van der Waals surface area contributed by atoms with Gasteiger partial charge in [-0.2, -0.15) is 0 Å². The first kappa shape index (κ1) is 29.5. The van der Waals surface area contributed by atoms with Gasteiger partial charge in [0.2, 0.25) is 0 Å². The van der Waals surface area contributed by atoms with Gasteiger partial charge < -0.3 is 0 Å². The fourth-order valence-electron chi connectivity index (χ4n) is 3.70. The normalized spacial score (nSPS) is 12.2. The van der Waals surface area contributed by atoms with E-state index >= 15 is 4.39 Å². The van der Waals surface area contributed by atoms with Crippen molar-refractivity contribution in [2.75, 3.05) is 9.44 Å². The van der Waals surface area contributed by atoms with Crippen LogP contribution < -0.4 is 9.44 Å². The van der Waals surface area contributed by atoms with Crippen LogP contribution in [-0.4, -0.2) is 25.3 Å². The standard InChI is InChI=1S/C27H24ClFN2O6S3/c1-18-7-11-21(12-8-18)39(34,35)30-25-15-24(29)27(38(32,33)17-20-5-3-4-6-23(20)28)16-26(25)31-40(36,37)22-13-9-19(2)10-14-22/h3-16,30-31H,17H2,1-2H3. The second kappa shape index (κ2) is 11.2. The second-order valence-electron chi connectivity index (χ2n) is 9.02. The number of halogens is 2. The Bertz CT molecular complexity index is 1900. The van der Waals surface area contributed by atoms with E-state index in [0.717, 1.165) is 17.2 Å². The highest BCUT2D eigenvalue weighted by Gasteiger charge is 2.27. The number of anilines is 2. The molecule has 0 saturated carbocycles. The lowest BCUT2D eigenvalue weighted by Gasteiger charge is -2.17. The molecule has 0 spiro atoms. The van der Waals surface area contributed by atoms with Gasteiger partial charge in [-0.25, -0.2) is 29.6 Å².